The monoisotopic (exact) mass is 541 g/mol. The molecule has 1 aromatic heterocycles. The Labute approximate surface area is 221 Å². The maximum Gasteiger partial charge on any atom is 0.328 e. The minimum atomic E-state index is -3.79. The smallest absolute Gasteiger partial charge is 0.328 e. The molecule has 1 saturated heterocycles. The van der Waals surface area contributed by atoms with Crippen LogP contribution in [0.1, 0.15) is 51.3 Å². The molecule has 2 aromatic carbocycles. The number of benzene rings is 2. The number of rotatable bonds is 9. The maximum atomic E-state index is 14.3. The first-order valence-corrected chi connectivity index (χ1v) is 14.4. The third-order valence-corrected chi connectivity index (χ3v) is 9.31. The van der Waals surface area contributed by atoms with E-state index in [9.17, 15) is 17.6 Å². The van der Waals surface area contributed by atoms with Gasteiger partial charge < -0.3 is 9.84 Å². The maximum absolute atomic E-state index is 14.3. The molecule has 2 fully saturated rings. The summed E-state index contributed by atoms with van der Waals surface area (Å²) >= 11 is 0. The zero-order valence-corrected chi connectivity index (χ0v) is 22.3. The van der Waals surface area contributed by atoms with Gasteiger partial charge in [-0.1, -0.05) is 19.3 Å². The molecule has 0 radical (unpaired) electrons. The zero-order valence-electron chi connectivity index (χ0n) is 21.5. The highest BCUT2D eigenvalue weighted by molar-refractivity contribution is 7.89. The molecule has 1 N–H and O–H groups in total. The highest BCUT2D eigenvalue weighted by atomic mass is 32.2. The molecule has 1 saturated carbocycles. The number of hydrogen-bond acceptors (Lipinski definition) is 5. The van der Waals surface area contributed by atoms with Gasteiger partial charge in [-0.3, -0.25) is 4.68 Å². The number of ether oxygens (including phenoxy) is 1. The SMILES string of the molecule is CC(C)Oc1ccc(S(=O)(=O)N2C[C@@H](CC3CCC3)[C@@H](n3nc(/C=C/C(=O)O)c4ccc(F)cc43)C2)cc1. The van der Waals surface area contributed by atoms with Gasteiger partial charge in [-0.05, 0) is 80.6 Å². The molecule has 0 unspecified atom stereocenters. The summed E-state index contributed by atoms with van der Waals surface area (Å²) in [6.45, 7) is 4.35. The van der Waals surface area contributed by atoms with Gasteiger partial charge in [0.1, 0.15) is 11.6 Å². The van der Waals surface area contributed by atoms with Gasteiger partial charge in [-0.2, -0.15) is 9.40 Å². The standard InChI is InChI=1S/C28H32FN3O5S/c1-18(2)37-22-7-9-23(10-8-22)38(35,36)31-16-20(14-19-4-3-5-19)27(17-31)32-26-15-21(29)6-11-24(26)25(30-32)12-13-28(33)34/h6-13,15,18-20,27H,3-5,14,16-17H2,1-2H3,(H,33,34)/b13-12+/t20-,27+/m1/s1. The minimum Gasteiger partial charge on any atom is -0.491 e. The minimum absolute atomic E-state index is 0.0127. The highest BCUT2D eigenvalue weighted by Crippen LogP contribution is 2.42. The van der Waals surface area contributed by atoms with Crippen LogP contribution in [0.3, 0.4) is 0 Å². The van der Waals surface area contributed by atoms with E-state index in [0.717, 1.165) is 25.3 Å². The molecular formula is C28H32FN3O5S. The summed E-state index contributed by atoms with van der Waals surface area (Å²) < 4.78 is 50.5. The Morgan fingerprint density at radius 3 is 2.55 bits per heavy atom. The Morgan fingerprint density at radius 1 is 1.18 bits per heavy atom. The molecule has 2 atom stereocenters. The van der Waals surface area contributed by atoms with E-state index >= 15 is 0 Å². The number of carboxylic acid groups (broad SMARTS) is 1. The van der Waals surface area contributed by atoms with E-state index in [1.807, 2.05) is 13.8 Å². The van der Waals surface area contributed by atoms with Crippen molar-refractivity contribution >= 4 is 33.0 Å². The van der Waals surface area contributed by atoms with Gasteiger partial charge in [0.2, 0.25) is 10.0 Å². The van der Waals surface area contributed by atoms with Crippen LogP contribution in [0.4, 0.5) is 4.39 Å². The fraction of sp³-hybridized carbons (Fsp3) is 0.429. The van der Waals surface area contributed by atoms with Gasteiger partial charge in [0, 0.05) is 24.6 Å². The fourth-order valence-electron chi connectivity index (χ4n) is 5.45. The van der Waals surface area contributed by atoms with E-state index in [0.29, 0.717) is 34.8 Å². The molecule has 0 amide bonds. The topological polar surface area (TPSA) is 102 Å². The fourth-order valence-corrected chi connectivity index (χ4v) is 6.96. The van der Waals surface area contributed by atoms with E-state index in [4.69, 9.17) is 9.84 Å². The van der Waals surface area contributed by atoms with E-state index in [2.05, 4.69) is 5.10 Å². The predicted octanol–water partition coefficient (Wildman–Crippen LogP) is 5.11. The Kier molecular flexibility index (Phi) is 7.28. The van der Waals surface area contributed by atoms with Gasteiger partial charge >= 0.3 is 5.97 Å². The van der Waals surface area contributed by atoms with Gasteiger partial charge in [0.05, 0.1) is 28.3 Å². The normalized spacial score (nSPS) is 20.9. The summed E-state index contributed by atoms with van der Waals surface area (Å²) in [7, 11) is -3.79. The molecule has 3 aromatic rings. The van der Waals surface area contributed by atoms with E-state index in [-0.39, 0.29) is 29.5 Å². The van der Waals surface area contributed by atoms with Crippen molar-refractivity contribution in [2.24, 2.45) is 11.8 Å². The first-order valence-electron chi connectivity index (χ1n) is 13.0. The first-order chi connectivity index (χ1) is 18.1. The summed E-state index contributed by atoms with van der Waals surface area (Å²) in [6, 6.07) is 10.4. The molecular weight excluding hydrogens is 509 g/mol. The second kappa shape index (κ2) is 10.5. The molecule has 202 valence electrons. The van der Waals surface area contributed by atoms with Gasteiger partial charge in [-0.25, -0.2) is 17.6 Å². The van der Waals surface area contributed by atoms with Crippen LogP contribution in [0.5, 0.6) is 5.75 Å². The van der Waals surface area contributed by atoms with Crippen molar-refractivity contribution in [1.82, 2.24) is 14.1 Å². The zero-order chi connectivity index (χ0) is 27.0. The molecule has 5 rings (SSSR count). The van der Waals surface area contributed by atoms with Crippen LogP contribution in [0, 0.1) is 17.7 Å². The average molecular weight is 542 g/mol. The molecule has 38 heavy (non-hydrogen) atoms. The molecule has 2 heterocycles. The Hall–Kier alpha value is -3.24. The van der Waals surface area contributed by atoms with Crippen LogP contribution in [0.15, 0.2) is 53.4 Å². The van der Waals surface area contributed by atoms with Crippen molar-refractivity contribution in [2.75, 3.05) is 13.1 Å². The Balaban J connectivity index is 1.50. The summed E-state index contributed by atoms with van der Waals surface area (Å²) in [6.07, 6.45) is 6.64. The lowest BCUT2D eigenvalue weighted by molar-refractivity contribution is -0.131. The van der Waals surface area contributed by atoms with Crippen LogP contribution >= 0.6 is 0 Å². The Morgan fingerprint density at radius 2 is 1.92 bits per heavy atom. The summed E-state index contributed by atoms with van der Waals surface area (Å²) in [5.41, 5.74) is 0.930. The number of nitrogens with zero attached hydrogens (tertiary/aromatic N) is 3. The average Bonchev–Trinajstić information content (AvgIpc) is 3.41. The number of carbonyl (C=O) groups is 1. The van der Waals surface area contributed by atoms with Crippen LogP contribution < -0.4 is 4.74 Å². The molecule has 0 bridgehead atoms. The van der Waals surface area contributed by atoms with Crippen molar-refractivity contribution < 1.29 is 27.4 Å². The molecule has 10 heteroatoms. The van der Waals surface area contributed by atoms with Crippen molar-refractivity contribution in [3.8, 4) is 5.75 Å². The number of sulfonamides is 1. The number of aliphatic carboxylic acids is 1. The van der Waals surface area contributed by atoms with Crippen molar-refractivity contribution in [2.45, 2.75) is 56.6 Å². The van der Waals surface area contributed by atoms with Crippen LogP contribution in [-0.4, -0.2) is 52.8 Å². The summed E-state index contributed by atoms with van der Waals surface area (Å²) in [4.78, 5) is 11.3. The van der Waals surface area contributed by atoms with Crippen LogP contribution in [0.25, 0.3) is 17.0 Å². The summed E-state index contributed by atoms with van der Waals surface area (Å²) in [5.74, 6) is -0.424. The van der Waals surface area contributed by atoms with Gasteiger partial charge in [0.25, 0.3) is 0 Å². The molecule has 0 spiro atoms. The summed E-state index contributed by atoms with van der Waals surface area (Å²) in [5, 5.41) is 14.4. The van der Waals surface area contributed by atoms with Gasteiger partial charge in [0.15, 0.2) is 0 Å². The number of fused-ring (bicyclic) bond motifs is 1. The lowest BCUT2D eigenvalue weighted by atomic mass is 9.78. The first kappa shape index (κ1) is 26.4. The Bertz CT molecular complexity index is 1460. The second-order valence-corrected chi connectivity index (χ2v) is 12.4. The highest BCUT2D eigenvalue weighted by Gasteiger charge is 2.42. The van der Waals surface area contributed by atoms with Gasteiger partial charge in [-0.15, -0.1) is 0 Å². The largest absolute Gasteiger partial charge is 0.491 e. The van der Waals surface area contributed by atoms with E-state index in [1.165, 1.54) is 28.9 Å². The predicted molar refractivity (Wildman–Crippen MR) is 142 cm³/mol. The third-order valence-electron chi connectivity index (χ3n) is 7.46. The quantitative estimate of drug-likeness (QED) is 0.378. The van der Waals surface area contributed by atoms with Crippen LogP contribution in [0.2, 0.25) is 0 Å². The molecule has 1 aliphatic carbocycles. The van der Waals surface area contributed by atoms with Crippen molar-refractivity contribution in [1.29, 1.82) is 0 Å². The lowest BCUT2D eigenvalue weighted by Crippen LogP contribution is -2.29. The number of halogens is 1. The molecule has 8 nitrogen and oxygen atoms in total. The number of hydrogen-bond donors (Lipinski definition) is 1. The van der Waals surface area contributed by atoms with E-state index in [1.54, 1.807) is 35.0 Å². The third kappa shape index (κ3) is 5.33. The van der Waals surface area contributed by atoms with Crippen molar-refractivity contribution in [3.05, 3.63) is 60.1 Å². The number of aromatic nitrogens is 2. The molecule has 1 aliphatic heterocycles. The lowest BCUT2D eigenvalue weighted by Gasteiger charge is -2.30. The van der Waals surface area contributed by atoms with Crippen molar-refractivity contribution in [3.63, 3.8) is 0 Å². The molecule has 2 aliphatic rings. The number of carboxylic acids is 1. The van der Waals surface area contributed by atoms with E-state index < -0.39 is 21.8 Å². The van der Waals surface area contributed by atoms with Crippen LogP contribution in [-0.2, 0) is 14.8 Å². The second-order valence-electron chi connectivity index (χ2n) is 10.5.